The Labute approximate surface area is 126 Å². The molecule has 0 N–H and O–H groups in total. The van der Waals surface area contributed by atoms with Gasteiger partial charge in [-0.15, -0.1) is 18.4 Å². The Morgan fingerprint density at radius 1 is 1.21 bits per heavy atom. The zero-order valence-corrected chi connectivity index (χ0v) is 13.1. The average molecular weight is 316 g/mol. The second kappa shape index (κ2) is 9.83. The van der Waals surface area contributed by atoms with Crippen molar-refractivity contribution in [3.8, 4) is 0 Å². The van der Waals surface area contributed by atoms with E-state index in [4.69, 9.17) is 0 Å². The van der Waals surface area contributed by atoms with Gasteiger partial charge in [0, 0.05) is 0 Å². The maximum absolute atomic E-state index is 10.5. The Morgan fingerprint density at radius 2 is 1.57 bits per heavy atom. The van der Waals surface area contributed by atoms with Crippen molar-refractivity contribution in [1.82, 2.24) is 0 Å². The van der Waals surface area contributed by atoms with E-state index in [0.29, 0.717) is 5.56 Å². The molecular weight excluding hydrogens is 301 g/mol. The summed E-state index contributed by atoms with van der Waals surface area (Å²) < 4.78 is 0. The Hall–Kier alpha value is 0.291. The summed E-state index contributed by atoms with van der Waals surface area (Å²) in [5.41, 5.74) is 0.664. The van der Waals surface area contributed by atoms with Crippen molar-refractivity contribution in [3.63, 3.8) is 0 Å². The second-order valence-corrected chi connectivity index (χ2v) is 2.84. The molecule has 72 valence electrons. The van der Waals surface area contributed by atoms with Crippen molar-refractivity contribution in [1.29, 1.82) is 0 Å². The second-order valence-electron chi connectivity index (χ2n) is 2.84. The molecule has 0 unspecified atom stereocenters. The molecule has 3 heteroatoms. The van der Waals surface area contributed by atoms with Crippen LogP contribution in [0.4, 0.5) is 0 Å². The van der Waals surface area contributed by atoms with E-state index in [9.17, 15) is 10.2 Å². The van der Waals surface area contributed by atoms with E-state index in [2.05, 4.69) is 6.58 Å². The fraction of sp³-hybridized carbons (Fsp3) is 0.273. The summed E-state index contributed by atoms with van der Waals surface area (Å²) in [6, 6.07) is 8.99. The van der Waals surface area contributed by atoms with Crippen LogP contribution in [0.2, 0.25) is 0 Å². The maximum Gasteiger partial charge on any atom is 2.00 e. The minimum atomic E-state index is -0.417. The fourth-order valence-electron chi connectivity index (χ4n) is 0.624. The van der Waals surface area contributed by atoms with Gasteiger partial charge in [0.05, 0.1) is 0 Å². The van der Waals surface area contributed by atoms with Crippen LogP contribution in [0.5, 0.6) is 0 Å². The van der Waals surface area contributed by atoms with Crippen LogP contribution in [0, 0.1) is 0 Å². The average Bonchev–Trinajstić information content (AvgIpc) is 2.05. The largest absolute Gasteiger partial charge is 2.00 e. The SMILES string of the molecule is C=C([O-])c1ccccc1.CC(C)[O-].[Ba+2]. The number of benzene rings is 1. The van der Waals surface area contributed by atoms with Gasteiger partial charge in [-0.1, -0.05) is 44.2 Å². The van der Waals surface area contributed by atoms with Gasteiger partial charge in [0.15, 0.2) is 0 Å². The van der Waals surface area contributed by atoms with Crippen LogP contribution in [-0.2, 0) is 0 Å². The first-order valence-electron chi connectivity index (χ1n) is 4.11. The van der Waals surface area contributed by atoms with Gasteiger partial charge in [0.2, 0.25) is 0 Å². The summed E-state index contributed by atoms with van der Waals surface area (Å²) in [4.78, 5) is 0. The molecule has 0 aromatic heterocycles. The summed E-state index contributed by atoms with van der Waals surface area (Å²) in [5.74, 6) is -0.129. The van der Waals surface area contributed by atoms with Crippen LogP contribution in [-0.4, -0.2) is 55.0 Å². The molecule has 1 rings (SSSR count). The van der Waals surface area contributed by atoms with E-state index in [1.807, 2.05) is 18.2 Å². The van der Waals surface area contributed by atoms with Crippen LogP contribution in [0.3, 0.4) is 0 Å². The molecule has 0 aliphatic heterocycles. The minimum absolute atomic E-state index is 0. The van der Waals surface area contributed by atoms with E-state index in [-0.39, 0.29) is 54.6 Å². The van der Waals surface area contributed by atoms with Crippen molar-refractivity contribution in [3.05, 3.63) is 42.5 Å². The summed E-state index contributed by atoms with van der Waals surface area (Å²) in [6.07, 6.45) is -0.417. The number of rotatable bonds is 1. The normalized spacial score (nSPS) is 8.29. The molecule has 0 fully saturated rings. The van der Waals surface area contributed by atoms with Crippen molar-refractivity contribution < 1.29 is 10.2 Å². The molecule has 0 aliphatic rings. The minimum Gasteiger partial charge on any atom is -0.872 e. The van der Waals surface area contributed by atoms with E-state index in [1.165, 1.54) is 0 Å². The predicted octanol–water partition coefficient (Wildman–Crippen LogP) is 0.392. The van der Waals surface area contributed by atoms with E-state index in [0.717, 1.165) is 0 Å². The molecule has 2 nitrogen and oxygen atoms in total. The van der Waals surface area contributed by atoms with Crippen LogP contribution < -0.4 is 10.2 Å². The smallest absolute Gasteiger partial charge is 0.872 e. The molecule has 0 atom stereocenters. The van der Waals surface area contributed by atoms with Gasteiger partial charge in [0.1, 0.15) is 0 Å². The monoisotopic (exact) mass is 316 g/mol. The van der Waals surface area contributed by atoms with E-state index in [1.54, 1.807) is 26.0 Å². The van der Waals surface area contributed by atoms with Crippen LogP contribution in [0.1, 0.15) is 19.4 Å². The van der Waals surface area contributed by atoms with E-state index < -0.39 is 6.10 Å². The molecular formula is C11H14BaO2. The third kappa shape index (κ3) is 10.4. The van der Waals surface area contributed by atoms with Gasteiger partial charge in [-0.25, -0.2) is 0 Å². The fourth-order valence-corrected chi connectivity index (χ4v) is 0.624. The van der Waals surface area contributed by atoms with E-state index >= 15 is 0 Å². The van der Waals surface area contributed by atoms with Gasteiger partial charge >= 0.3 is 48.9 Å². The Morgan fingerprint density at radius 3 is 1.79 bits per heavy atom. The summed E-state index contributed by atoms with van der Waals surface area (Å²) >= 11 is 0. The summed E-state index contributed by atoms with van der Waals surface area (Å²) in [6.45, 7) is 6.49. The molecule has 1 aromatic rings. The molecule has 0 spiro atoms. The molecule has 0 heterocycles. The third-order valence-corrected chi connectivity index (χ3v) is 1.10. The van der Waals surface area contributed by atoms with Gasteiger partial charge in [-0.2, -0.15) is 0 Å². The molecule has 0 aliphatic carbocycles. The molecule has 1 aromatic carbocycles. The Kier molecular flexibility index (Phi) is 11.7. The van der Waals surface area contributed by atoms with Crippen molar-refractivity contribution >= 4 is 54.6 Å². The Bertz CT molecular complexity index is 242. The van der Waals surface area contributed by atoms with Crippen LogP contribution in [0.15, 0.2) is 36.9 Å². The van der Waals surface area contributed by atoms with Crippen molar-refractivity contribution in [2.75, 3.05) is 0 Å². The Balaban J connectivity index is 0. The quantitative estimate of drug-likeness (QED) is 0.556. The van der Waals surface area contributed by atoms with Gasteiger partial charge in [0.25, 0.3) is 0 Å². The summed E-state index contributed by atoms with van der Waals surface area (Å²) in [7, 11) is 0. The number of hydrogen-bond donors (Lipinski definition) is 0. The molecule has 14 heavy (non-hydrogen) atoms. The first-order chi connectivity index (χ1) is 6.04. The first kappa shape index (κ1) is 16.7. The number of hydrogen-bond acceptors (Lipinski definition) is 2. The standard InChI is InChI=1S/C8H8O.C3H7O.Ba/c1-7(9)8-5-3-2-4-6-8;1-3(2)4;/h2-6,9H,1H2;3H,1-2H3;/q;-1;+2/p-1. The van der Waals surface area contributed by atoms with Gasteiger partial charge in [-0.3, -0.25) is 0 Å². The molecule has 0 amide bonds. The van der Waals surface area contributed by atoms with Crippen LogP contribution in [0.25, 0.3) is 5.76 Å². The van der Waals surface area contributed by atoms with Crippen molar-refractivity contribution in [2.45, 2.75) is 20.0 Å². The zero-order valence-electron chi connectivity index (χ0n) is 8.69. The van der Waals surface area contributed by atoms with Gasteiger partial charge < -0.3 is 10.2 Å². The predicted molar refractivity (Wildman–Crippen MR) is 56.4 cm³/mol. The molecule has 0 radical (unpaired) electrons. The molecule has 0 saturated heterocycles. The van der Waals surface area contributed by atoms with Crippen LogP contribution >= 0.6 is 0 Å². The molecule has 0 bridgehead atoms. The van der Waals surface area contributed by atoms with Crippen molar-refractivity contribution in [2.24, 2.45) is 0 Å². The first-order valence-corrected chi connectivity index (χ1v) is 4.11. The van der Waals surface area contributed by atoms with Gasteiger partial charge in [-0.05, 0) is 5.56 Å². The summed E-state index contributed by atoms with van der Waals surface area (Å²) in [5, 5.41) is 20.1. The third-order valence-electron chi connectivity index (χ3n) is 1.10. The zero-order chi connectivity index (χ0) is 10.3. The molecule has 0 saturated carbocycles. The maximum atomic E-state index is 10.5. The topological polar surface area (TPSA) is 46.1 Å².